The largest absolute Gasteiger partial charge is 0.493 e. The average molecular weight is 353 g/mol. The molecule has 0 unspecified atom stereocenters. The fourth-order valence-corrected chi connectivity index (χ4v) is 3.44. The summed E-state index contributed by atoms with van der Waals surface area (Å²) in [5.41, 5.74) is 3.57. The van der Waals surface area contributed by atoms with Crippen molar-refractivity contribution < 1.29 is 14.3 Å². The van der Waals surface area contributed by atoms with Crippen LogP contribution in [0.1, 0.15) is 15.2 Å². The highest BCUT2D eigenvalue weighted by atomic mass is 32.1. The van der Waals surface area contributed by atoms with E-state index in [0.717, 1.165) is 16.7 Å². The molecule has 2 aromatic carbocycles. The van der Waals surface area contributed by atoms with Crippen molar-refractivity contribution in [2.24, 2.45) is 0 Å². The highest BCUT2D eigenvalue weighted by Crippen LogP contribution is 2.34. The van der Waals surface area contributed by atoms with Gasteiger partial charge in [-0.15, -0.1) is 11.3 Å². The zero-order valence-corrected chi connectivity index (χ0v) is 15.1. The molecule has 0 saturated carbocycles. The second kappa shape index (κ2) is 7.40. The Kier molecular flexibility index (Phi) is 5.05. The molecule has 1 amide bonds. The Bertz CT molecular complexity index is 887. The number of nitrogens with one attached hydrogen (secondary N) is 1. The number of thiophene rings is 1. The van der Waals surface area contributed by atoms with E-state index in [-0.39, 0.29) is 5.91 Å². The van der Waals surface area contributed by atoms with Crippen molar-refractivity contribution in [3.8, 4) is 22.6 Å². The number of carbonyl (C=O) groups excluding carboxylic acids is 1. The highest BCUT2D eigenvalue weighted by molar-refractivity contribution is 7.12. The normalized spacial score (nSPS) is 10.4. The summed E-state index contributed by atoms with van der Waals surface area (Å²) in [7, 11) is 3.17. The number of carbonyl (C=O) groups is 1. The van der Waals surface area contributed by atoms with E-state index < -0.39 is 0 Å². The van der Waals surface area contributed by atoms with Crippen molar-refractivity contribution in [3.63, 3.8) is 0 Å². The maximum absolute atomic E-state index is 12.8. The molecule has 1 aromatic heterocycles. The zero-order chi connectivity index (χ0) is 17.8. The van der Waals surface area contributed by atoms with Gasteiger partial charge in [-0.05, 0) is 35.6 Å². The van der Waals surface area contributed by atoms with Gasteiger partial charge in [-0.1, -0.05) is 30.3 Å². The molecule has 25 heavy (non-hydrogen) atoms. The van der Waals surface area contributed by atoms with Crippen LogP contribution < -0.4 is 14.8 Å². The first-order chi connectivity index (χ1) is 12.1. The molecule has 0 spiro atoms. The number of methoxy groups -OCH3 is 2. The number of anilines is 1. The van der Waals surface area contributed by atoms with Crippen LogP contribution in [0.3, 0.4) is 0 Å². The van der Waals surface area contributed by atoms with Gasteiger partial charge in [-0.3, -0.25) is 4.79 Å². The molecule has 1 N–H and O–H groups in total. The van der Waals surface area contributed by atoms with Crippen LogP contribution in [0.2, 0.25) is 0 Å². The van der Waals surface area contributed by atoms with Gasteiger partial charge in [0.2, 0.25) is 0 Å². The molecule has 0 saturated heterocycles. The van der Waals surface area contributed by atoms with Crippen molar-refractivity contribution in [1.82, 2.24) is 0 Å². The highest BCUT2D eigenvalue weighted by Gasteiger charge is 2.17. The molecule has 0 fully saturated rings. The number of amides is 1. The maximum atomic E-state index is 12.8. The molecule has 0 aliphatic heterocycles. The van der Waals surface area contributed by atoms with Crippen LogP contribution in [0.4, 0.5) is 5.69 Å². The molecule has 3 rings (SSSR count). The molecule has 3 aromatic rings. The Morgan fingerprint density at radius 1 is 1.00 bits per heavy atom. The lowest BCUT2D eigenvalue weighted by Crippen LogP contribution is -2.12. The van der Waals surface area contributed by atoms with Gasteiger partial charge < -0.3 is 14.8 Å². The first-order valence-corrected chi connectivity index (χ1v) is 8.69. The summed E-state index contributed by atoms with van der Waals surface area (Å²) in [6, 6.07) is 15.5. The lowest BCUT2D eigenvalue weighted by molar-refractivity contribution is 0.103. The van der Waals surface area contributed by atoms with Gasteiger partial charge in [-0.2, -0.15) is 0 Å². The van der Waals surface area contributed by atoms with Crippen molar-refractivity contribution in [2.75, 3.05) is 19.5 Å². The van der Waals surface area contributed by atoms with Gasteiger partial charge in [0.15, 0.2) is 11.5 Å². The van der Waals surface area contributed by atoms with Crippen molar-refractivity contribution in [2.45, 2.75) is 6.92 Å². The van der Waals surface area contributed by atoms with E-state index in [1.165, 1.54) is 11.3 Å². The predicted molar refractivity (Wildman–Crippen MR) is 102 cm³/mol. The van der Waals surface area contributed by atoms with Gasteiger partial charge in [0, 0.05) is 17.3 Å². The summed E-state index contributed by atoms with van der Waals surface area (Å²) in [5.74, 6) is 1.08. The van der Waals surface area contributed by atoms with Crippen LogP contribution >= 0.6 is 11.3 Å². The summed E-state index contributed by atoms with van der Waals surface area (Å²) < 4.78 is 10.6. The van der Waals surface area contributed by atoms with E-state index in [9.17, 15) is 4.79 Å². The first-order valence-electron chi connectivity index (χ1n) is 7.81. The van der Waals surface area contributed by atoms with Crippen molar-refractivity contribution in [1.29, 1.82) is 0 Å². The Hall–Kier alpha value is -2.79. The van der Waals surface area contributed by atoms with Crippen LogP contribution in [-0.2, 0) is 0 Å². The topological polar surface area (TPSA) is 47.6 Å². The number of rotatable bonds is 5. The Morgan fingerprint density at radius 3 is 2.36 bits per heavy atom. The summed E-state index contributed by atoms with van der Waals surface area (Å²) in [6.07, 6.45) is 0. The van der Waals surface area contributed by atoms with Crippen LogP contribution in [0.5, 0.6) is 11.5 Å². The number of ether oxygens (including phenoxy) is 2. The standard InChI is InChI=1S/C20H19NO3S/c1-13-11-17(23-2)18(24-3)12-16(13)21-20(22)19-15(9-10-25-19)14-7-5-4-6-8-14/h4-12H,1-3H3,(H,21,22). The fraction of sp³-hybridized carbons (Fsp3) is 0.150. The molecule has 1 heterocycles. The third-order valence-electron chi connectivity index (χ3n) is 3.93. The Morgan fingerprint density at radius 2 is 1.68 bits per heavy atom. The van der Waals surface area contributed by atoms with Crippen LogP contribution in [0.15, 0.2) is 53.9 Å². The fourth-order valence-electron chi connectivity index (χ4n) is 2.62. The molecule has 0 radical (unpaired) electrons. The van der Waals surface area contributed by atoms with Gasteiger partial charge >= 0.3 is 0 Å². The minimum absolute atomic E-state index is 0.135. The molecule has 0 atom stereocenters. The summed E-state index contributed by atoms with van der Waals surface area (Å²) >= 11 is 1.43. The summed E-state index contributed by atoms with van der Waals surface area (Å²) in [6.45, 7) is 1.92. The molecular weight excluding hydrogens is 334 g/mol. The number of aryl methyl sites for hydroxylation is 1. The van der Waals surface area contributed by atoms with E-state index >= 15 is 0 Å². The smallest absolute Gasteiger partial charge is 0.266 e. The van der Waals surface area contributed by atoms with Crippen LogP contribution in [0, 0.1) is 6.92 Å². The summed E-state index contributed by atoms with van der Waals surface area (Å²) in [5, 5.41) is 4.91. The van der Waals surface area contributed by atoms with Gasteiger partial charge in [-0.25, -0.2) is 0 Å². The molecule has 4 nitrogen and oxygen atoms in total. The van der Waals surface area contributed by atoms with Gasteiger partial charge in [0.1, 0.15) is 0 Å². The van der Waals surface area contributed by atoms with E-state index in [0.29, 0.717) is 22.1 Å². The van der Waals surface area contributed by atoms with Crippen molar-refractivity contribution >= 4 is 22.9 Å². The Balaban J connectivity index is 1.91. The Labute approximate surface area is 151 Å². The zero-order valence-electron chi connectivity index (χ0n) is 14.3. The molecule has 5 heteroatoms. The molecule has 128 valence electrons. The quantitative estimate of drug-likeness (QED) is 0.703. The maximum Gasteiger partial charge on any atom is 0.266 e. The third kappa shape index (κ3) is 3.51. The van der Waals surface area contributed by atoms with E-state index in [4.69, 9.17) is 9.47 Å². The number of hydrogen-bond donors (Lipinski definition) is 1. The first kappa shape index (κ1) is 17.0. The van der Waals surface area contributed by atoms with Crippen LogP contribution in [0.25, 0.3) is 11.1 Å². The van der Waals surface area contributed by atoms with Gasteiger partial charge in [0.25, 0.3) is 5.91 Å². The second-order valence-electron chi connectivity index (χ2n) is 5.51. The SMILES string of the molecule is COc1cc(C)c(NC(=O)c2sccc2-c2ccccc2)cc1OC. The van der Waals surface area contributed by atoms with E-state index in [2.05, 4.69) is 5.32 Å². The monoisotopic (exact) mass is 353 g/mol. The minimum Gasteiger partial charge on any atom is -0.493 e. The number of benzene rings is 2. The number of hydrogen-bond acceptors (Lipinski definition) is 4. The third-order valence-corrected chi connectivity index (χ3v) is 4.85. The predicted octanol–water partition coefficient (Wildman–Crippen LogP) is 4.99. The summed E-state index contributed by atoms with van der Waals surface area (Å²) in [4.78, 5) is 13.5. The average Bonchev–Trinajstić information content (AvgIpc) is 3.13. The minimum atomic E-state index is -0.135. The van der Waals surface area contributed by atoms with Crippen LogP contribution in [-0.4, -0.2) is 20.1 Å². The lowest BCUT2D eigenvalue weighted by Gasteiger charge is -2.14. The molecule has 0 bridgehead atoms. The molecule has 0 aliphatic carbocycles. The van der Waals surface area contributed by atoms with Crippen molar-refractivity contribution in [3.05, 3.63) is 64.4 Å². The second-order valence-corrected chi connectivity index (χ2v) is 6.42. The van der Waals surface area contributed by atoms with E-state index in [1.807, 2.05) is 54.8 Å². The van der Waals surface area contributed by atoms with E-state index in [1.54, 1.807) is 20.3 Å². The lowest BCUT2D eigenvalue weighted by atomic mass is 10.1. The molecule has 0 aliphatic rings. The van der Waals surface area contributed by atoms with Gasteiger partial charge in [0.05, 0.1) is 19.1 Å². The molecular formula is C20H19NO3S.